The maximum Gasteiger partial charge on any atom is 0.254 e. The fourth-order valence-electron chi connectivity index (χ4n) is 3.66. The number of nitrogens with one attached hydrogen (secondary N) is 1. The van der Waals surface area contributed by atoms with Gasteiger partial charge in [-0.1, -0.05) is 48.2 Å². The van der Waals surface area contributed by atoms with Crippen LogP contribution in [-0.4, -0.2) is 43.8 Å². The van der Waals surface area contributed by atoms with Crippen molar-refractivity contribution >= 4 is 29.3 Å². The van der Waals surface area contributed by atoms with E-state index in [1.165, 1.54) is 11.8 Å². The van der Waals surface area contributed by atoms with Crippen molar-refractivity contribution in [2.24, 2.45) is 7.05 Å². The minimum Gasteiger partial charge on any atom is -0.332 e. The van der Waals surface area contributed by atoms with Gasteiger partial charge in [0.1, 0.15) is 6.33 Å². The first kappa shape index (κ1) is 20.2. The summed E-state index contributed by atoms with van der Waals surface area (Å²) in [7, 11) is 1.83. The van der Waals surface area contributed by atoms with Gasteiger partial charge in [0.25, 0.3) is 5.91 Å². The number of amides is 2. The lowest BCUT2D eigenvalue weighted by molar-refractivity contribution is -0.113. The second kappa shape index (κ2) is 9.13. The molecule has 8 heteroatoms. The summed E-state index contributed by atoms with van der Waals surface area (Å²) in [6.45, 7) is 0.739. The number of aromatic nitrogens is 3. The molecular weight excluding hydrogens is 398 g/mol. The molecule has 1 aromatic heterocycles. The summed E-state index contributed by atoms with van der Waals surface area (Å²) in [4.78, 5) is 27.4. The van der Waals surface area contributed by atoms with Gasteiger partial charge < -0.3 is 14.8 Å². The van der Waals surface area contributed by atoms with Crippen LogP contribution >= 0.6 is 11.8 Å². The molecule has 0 bridgehead atoms. The summed E-state index contributed by atoms with van der Waals surface area (Å²) in [6.07, 6.45) is 3.54. The van der Waals surface area contributed by atoms with Crippen LogP contribution in [0.5, 0.6) is 0 Å². The number of anilines is 1. The molecule has 2 heterocycles. The van der Waals surface area contributed by atoms with E-state index in [0.717, 1.165) is 24.9 Å². The molecule has 0 radical (unpaired) electrons. The van der Waals surface area contributed by atoms with E-state index in [0.29, 0.717) is 16.4 Å². The molecule has 1 aliphatic rings. The summed E-state index contributed by atoms with van der Waals surface area (Å²) in [5, 5.41) is 11.3. The lowest BCUT2D eigenvalue weighted by atomic mass is 10.0. The third-order valence-electron chi connectivity index (χ3n) is 5.09. The molecule has 7 nitrogen and oxygen atoms in total. The van der Waals surface area contributed by atoms with Crippen LogP contribution in [0, 0.1) is 0 Å². The van der Waals surface area contributed by atoms with Gasteiger partial charge in [-0.3, -0.25) is 9.59 Å². The van der Waals surface area contributed by atoms with Gasteiger partial charge in [0.15, 0.2) is 5.16 Å². The Morgan fingerprint density at radius 1 is 1.17 bits per heavy atom. The molecule has 3 aromatic rings. The Kier molecular flexibility index (Phi) is 6.13. The number of hydrogen-bond acceptors (Lipinski definition) is 5. The molecule has 30 heavy (non-hydrogen) atoms. The van der Waals surface area contributed by atoms with Crippen molar-refractivity contribution in [1.82, 2.24) is 19.7 Å². The molecule has 154 valence electrons. The fourth-order valence-corrected chi connectivity index (χ4v) is 4.35. The molecule has 1 N–H and O–H groups in total. The first-order chi connectivity index (χ1) is 14.6. The first-order valence-electron chi connectivity index (χ1n) is 9.84. The molecule has 1 unspecified atom stereocenters. The van der Waals surface area contributed by atoms with Crippen LogP contribution in [0.15, 0.2) is 66.1 Å². The Hall–Kier alpha value is -3.13. The Morgan fingerprint density at radius 2 is 2.00 bits per heavy atom. The van der Waals surface area contributed by atoms with Gasteiger partial charge >= 0.3 is 0 Å². The summed E-state index contributed by atoms with van der Waals surface area (Å²) >= 11 is 1.31. The van der Waals surface area contributed by atoms with Crippen molar-refractivity contribution in [2.45, 2.75) is 24.0 Å². The number of hydrogen-bond donors (Lipinski definition) is 1. The molecule has 0 aliphatic carbocycles. The fraction of sp³-hybridized carbons (Fsp3) is 0.273. The third kappa shape index (κ3) is 4.54. The molecular formula is C22H23N5O2S. The summed E-state index contributed by atoms with van der Waals surface area (Å²) in [5.41, 5.74) is 2.35. The maximum atomic E-state index is 13.2. The standard InChI is InChI=1S/C22H23N5O2S/c1-26-15-23-25-22(26)30-14-20(28)24-18-10-5-9-17(13-18)21(29)27-12-6-11-19(27)16-7-3-2-4-8-16/h2-5,7-10,13,15,19H,6,11-12,14H2,1H3,(H,24,28). The zero-order valence-electron chi connectivity index (χ0n) is 16.7. The van der Waals surface area contributed by atoms with Gasteiger partial charge in [-0.15, -0.1) is 10.2 Å². The van der Waals surface area contributed by atoms with Crippen LogP contribution in [0.2, 0.25) is 0 Å². The van der Waals surface area contributed by atoms with Crippen molar-refractivity contribution in [1.29, 1.82) is 0 Å². The van der Waals surface area contributed by atoms with Gasteiger partial charge in [0.2, 0.25) is 5.91 Å². The van der Waals surface area contributed by atoms with E-state index in [9.17, 15) is 9.59 Å². The number of rotatable bonds is 6. The number of thioether (sulfide) groups is 1. The summed E-state index contributed by atoms with van der Waals surface area (Å²) in [5.74, 6) is 0.0502. The zero-order valence-corrected chi connectivity index (χ0v) is 17.5. The van der Waals surface area contributed by atoms with Crippen LogP contribution < -0.4 is 5.32 Å². The maximum absolute atomic E-state index is 13.2. The summed E-state index contributed by atoms with van der Waals surface area (Å²) in [6, 6.07) is 17.4. The van der Waals surface area contributed by atoms with E-state index in [4.69, 9.17) is 0 Å². The molecule has 4 rings (SSSR count). The molecule has 1 atom stereocenters. The Bertz CT molecular complexity index is 1040. The van der Waals surface area contributed by atoms with E-state index in [1.54, 1.807) is 35.2 Å². The molecule has 1 fully saturated rings. The summed E-state index contributed by atoms with van der Waals surface area (Å²) < 4.78 is 1.76. The van der Waals surface area contributed by atoms with Gasteiger partial charge in [-0.05, 0) is 36.6 Å². The van der Waals surface area contributed by atoms with Gasteiger partial charge in [0, 0.05) is 24.8 Å². The molecule has 1 aliphatic heterocycles. The highest BCUT2D eigenvalue weighted by Gasteiger charge is 2.30. The Morgan fingerprint density at radius 3 is 2.77 bits per heavy atom. The number of benzene rings is 2. The molecule has 0 saturated carbocycles. The number of carbonyl (C=O) groups excluding carboxylic acids is 2. The van der Waals surface area contributed by atoms with Crippen molar-refractivity contribution in [3.63, 3.8) is 0 Å². The molecule has 1 saturated heterocycles. The highest BCUT2D eigenvalue weighted by molar-refractivity contribution is 7.99. The lowest BCUT2D eigenvalue weighted by Crippen LogP contribution is -2.30. The van der Waals surface area contributed by atoms with Gasteiger partial charge in [-0.25, -0.2) is 0 Å². The minimum absolute atomic E-state index is 0.00842. The first-order valence-corrected chi connectivity index (χ1v) is 10.8. The lowest BCUT2D eigenvalue weighted by Gasteiger charge is -2.25. The minimum atomic E-state index is -0.157. The molecule has 2 amide bonds. The number of aryl methyl sites for hydroxylation is 1. The average molecular weight is 422 g/mol. The second-order valence-corrected chi connectivity index (χ2v) is 8.15. The smallest absolute Gasteiger partial charge is 0.254 e. The predicted octanol–water partition coefficient (Wildman–Crippen LogP) is 3.52. The molecule has 0 spiro atoms. The number of nitrogens with zero attached hydrogens (tertiary/aromatic N) is 4. The SMILES string of the molecule is Cn1cnnc1SCC(=O)Nc1cccc(C(=O)N2CCCC2c2ccccc2)c1. The topological polar surface area (TPSA) is 80.1 Å². The third-order valence-corrected chi connectivity index (χ3v) is 6.13. The van der Waals surface area contributed by atoms with E-state index in [1.807, 2.05) is 30.1 Å². The molecule has 2 aromatic carbocycles. The predicted molar refractivity (Wildman–Crippen MR) is 116 cm³/mol. The zero-order chi connectivity index (χ0) is 20.9. The number of likely N-dealkylation sites (tertiary alicyclic amines) is 1. The highest BCUT2D eigenvalue weighted by atomic mass is 32.2. The van der Waals surface area contributed by atoms with Gasteiger partial charge in [-0.2, -0.15) is 0 Å². The van der Waals surface area contributed by atoms with Crippen LogP contribution in [-0.2, 0) is 11.8 Å². The largest absolute Gasteiger partial charge is 0.332 e. The average Bonchev–Trinajstić information content (AvgIpc) is 3.41. The monoisotopic (exact) mass is 421 g/mol. The van der Waals surface area contributed by atoms with Crippen molar-refractivity contribution in [3.05, 3.63) is 72.1 Å². The van der Waals surface area contributed by atoms with Crippen molar-refractivity contribution < 1.29 is 9.59 Å². The highest BCUT2D eigenvalue weighted by Crippen LogP contribution is 2.33. The van der Waals surface area contributed by atoms with Crippen molar-refractivity contribution in [2.75, 3.05) is 17.6 Å². The Labute approximate surface area is 179 Å². The Balaban J connectivity index is 1.41. The van der Waals surface area contributed by atoms with E-state index < -0.39 is 0 Å². The van der Waals surface area contributed by atoms with Crippen LogP contribution in [0.25, 0.3) is 0 Å². The van der Waals surface area contributed by atoms with Crippen LogP contribution in [0.1, 0.15) is 34.8 Å². The normalized spacial score (nSPS) is 15.9. The quantitative estimate of drug-likeness (QED) is 0.616. The second-order valence-electron chi connectivity index (χ2n) is 7.21. The van der Waals surface area contributed by atoms with E-state index in [-0.39, 0.29) is 23.6 Å². The van der Waals surface area contributed by atoms with Crippen LogP contribution in [0.3, 0.4) is 0 Å². The van der Waals surface area contributed by atoms with Gasteiger partial charge in [0.05, 0.1) is 11.8 Å². The number of carbonyl (C=O) groups is 2. The van der Waals surface area contributed by atoms with E-state index in [2.05, 4.69) is 27.6 Å². The van der Waals surface area contributed by atoms with Crippen molar-refractivity contribution in [3.8, 4) is 0 Å². The van der Waals surface area contributed by atoms with Crippen LogP contribution in [0.4, 0.5) is 5.69 Å². The van der Waals surface area contributed by atoms with E-state index >= 15 is 0 Å².